The second-order valence-electron chi connectivity index (χ2n) is 6.59. The third-order valence-corrected chi connectivity index (χ3v) is 5.64. The maximum atomic E-state index is 12.6. The second kappa shape index (κ2) is 10.7. The molecule has 0 aliphatic carbocycles. The molecule has 0 spiro atoms. The van der Waals surface area contributed by atoms with Gasteiger partial charge in [0.15, 0.2) is 11.5 Å². The van der Waals surface area contributed by atoms with E-state index in [1.807, 2.05) is 0 Å². The maximum absolute atomic E-state index is 12.6. The predicted molar refractivity (Wildman–Crippen MR) is 126 cm³/mol. The first-order chi connectivity index (χ1) is 15.9. The third-order valence-electron chi connectivity index (χ3n) is 4.62. The molecule has 172 valence electrons. The number of esters is 1. The summed E-state index contributed by atoms with van der Waals surface area (Å²) in [5, 5.41) is 10.9. The van der Waals surface area contributed by atoms with Crippen molar-refractivity contribution in [2.45, 2.75) is 6.92 Å². The standard InChI is InChI=1S/C24H23NO7S/c1-5-32-24(28)20-21(26)19(33-23(20)25-22(27)14-9-7-6-8-10-14)12-15-11-17(30-3)18(31-4)13-16(15)29-2/h6-13,26H,5H2,1-4H3/b19-12-,25-23?. The molecule has 0 atom stereocenters. The molecule has 3 rings (SSSR count). The zero-order valence-electron chi connectivity index (χ0n) is 18.6. The van der Waals surface area contributed by atoms with E-state index in [0.717, 1.165) is 11.8 Å². The number of carbonyl (C=O) groups excluding carboxylic acids is 2. The second-order valence-corrected chi connectivity index (χ2v) is 7.62. The number of benzene rings is 2. The van der Waals surface area contributed by atoms with E-state index in [-0.39, 0.29) is 23.0 Å². The minimum absolute atomic E-state index is 0.0468. The first kappa shape index (κ1) is 23.9. The smallest absolute Gasteiger partial charge is 0.344 e. The zero-order valence-corrected chi connectivity index (χ0v) is 19.4. The minimum Gasteiger partial charge on any atom is -0.506 e. The largest absolute Gasteiger partial charge is 0.506 e. The van der Waals surface area contributed by atoms with Crippen LogP contribution in [0, 0.1) is 0 Å². The van der Waals surface area contributed by atoms with Crippen LogP contribution in [0.5, 0.6) is 17.2 Å². The van der Waals surface area contributed by atoms with E-state index in [4.69, 9.17) is 18.9 Å². The molecule has 8 nitrogen and oxygen atoms in total. The number of ether oxygens (including phenoxy) is 4. The number of aliphatic imine (C=N–C) groups is 1. The number of thioether (sulfide) groups is 1. The summed E-state index contributed by atoms with van der Waals surface area (Å²) in [4.78, 5) is 29.6. The lowest BCUT2D eigenvalue weighted by molar-refractivity contribution is -0.138. The molecular weight excluding hydrogens is 446 g/mol. The van der Waals surface area contributed by atoms with E-state index in [1.54, 1.807) is 55.5 Å². The van der Waals surface area contributed by atoms with Crippen LogP contribution in [-0.2, 0) is 9.53 Å². The summed E-state index contributed by atoms with van der Waals surface area (Å²) in [6.45, 7) is 1.75. The van der Waals surface area contributed by atoms with Crippen molar-refractivity contribution in [1.29, 1.82) is 0 Å². The molecule has 1 N–H and O–H groups in total. The summed E-state index contributed by atoms with van der Waals surface area (Å²) in [6, 6.07) is 11.8. The molecule has 0 fully saturated rings. The number of hydrogen-bond acceptors (Lipinski definition) is 8. The van der Waals surface area contributed by atoms with Gasteiger partial charge in [0.2, 0.25) is 0 Å². The van der Waals surface area contributed by atoms with Crippen molar-refractivity contribution in [3.05, 3.63) is 69.8 Å². The Bertz CT molecular complexity index is 1150. The zero-order chi connectivity index (χ0) is 24.0. The maximum Gasteiger partial charge on any atom is 0.344 e. The fraction of sp³-hybridized carbons (Fsp3) is 0.208. The molecule has 9 heteroatoms. The summed E-state index contributed by atoms with van der Waals surface area (Å²) in [5.74, 6) is -0.275. The summed E-state index contributed by atoms with van der Waals surface area (Å²) >= 11 is 0.979. The molecule has 1 aliphatic heterocycles. The topological polar surface area (TPSA) is 104 Å². The Kier molecular flexibility index (Phi) is 7.78. The van der Waals surface area contributed by atoms with E-state index >= 15 is 0 Å². The fourth-order valence-electron chi connectivity index (χ4n) is 3.04. The molecule has 0 saturated heterocycles. The molecule has 2 aromatic rings. The molecule has 1 aliphatic rings. The van der Waals surface area contributed by atoms with Crippen molar-refractivity contribution < 1.29 is 33.6 Å². The average molecular weight is 470 g/mol. The number of aliphatic hydroxyl groups excluding tert-OH is 1. The highest BCUT2D eigenvalue weighted by Gasteiger charge is 2.34. The number of amides is 1. The number of methoxy groups -OCH3 is 3. The number of nitrogens with zero attached hydrogens (tertiary/aromatic N) is 1. The van der Waals surface area contributed by atoms with Crippen molar-refractivity contribution in [2.75, 3.05) is 27.9 Å². The first-order valence-electron chi connectivity index (χ1n) is 9.92. The van der Waals surface area contributed by atoms with Gasteiger partial charge in [0.05, 0.1) is 32.8 Å². The normalized spacial score (nSPS) is 15.6. The van der Waals surface area contributed by atoms with Crippen molar-refractivity contribution >= 4 is 34.8 Å². The van der Waals surface area contributed by atoms with Crippen LogP contribution in [0.1, 0.15) is 22.8 Å². The van der Waals surface area contributed by atoms with Crippen LogP contribution >= 0.6 is 11.8 Å². The van der Waals surface area contributed by atoms with Gasteiger partial charge < -0.3 is 24.1 Å². The van der Waals surface area contributed by atoms with Crippen LogP contribution < -0.4 is 14.2 Å². The lowest BCUT2D eigenvalue weighted by Gasteiger charge is -2.12. The van der Waals surface area contributed by atoms with Gasteiger partial charge in [-0.15, -0.1) is 0 Å². The van der Waals surface area contributed by atoms with Gasteiger partial charge in [-0.2, -0.15) is 0 Å². The van der Waals surface area contributed by atoms with Crippen LogP contribution in [0.25, 0.3) is 6.08 Å². The highest BCUT2D eigenvalue weighted by atomic mass is 32.2. The molecule has 0 radical (unpaired) electrons. The van der Waals surface area contributed by atoms with E-state index in [1.165, 1.54) is 21.3 Å². The lowest BCUT2D eigenvalue weighted by atomic mass is 10.1. The van der Waals surface area contributed by atoms with E-state index in [9.17, 15) is 14.7 Å². The Morgan fingerprint density at radius 3 is 2.24 bits per heavy atom. The van der Waals surface area contributed by atoms with Crippen LogP contribution in [0.2, 0.25) is 0 Å². The lowest BCUT2D eigenvalue weighted by Crippen LogP contribution is -2.14. The van der Waals surface area contributed by atoms with Crippen molar-refractivity contribution in [3.63, 3.8) is 0 Å². The van der Waals surface area contributed by atoms with Gasteiger partial charge in [0.25, 0.3) is 5.91 Å². The van der Waals surface area contributed by atoms with Crippen LogP contribution in [0.15, 0.2) is 63.7 Å². The Morgan fingerprint density at radius 1 is 1.00 bits per heavy atom. The van der Waals surface area contributed by atoms with Crippen molar-refractivity contribution in [3.8, 4) is 17.2 Å². The average Bonchev–Trinajstić information content (AvgIpc) is 3.13. The van der Waals surface area contributed by atoms with Gasteiger partial charge in [0, 0.05) is 17.2 Å². The molecule has 0 saturated carbocycles. The quantitative estimate of drug-likeness (QED) is 0.595. The number of rotatable bonds is 7. The van der Waals surface area contributed by atoms with Gasteiger partial charge in [-0.05, 0) is 31.2 Å². The van der Waals surface area contributed by atoms with Gasteiger partial charge in [-0.25, -0.2) is 9.79 Å². The Hall–Kier alpha value is -3.72. The molecule has 0 bridgehead atoms. The Labute approximate surface area is 195 Å². The van der Waals surface area contributed by atoms with Gasteiger partial charge >= 0.3 is 5.97 Å². The molecule has 0 unspecified atom stereocenters. The number of carbonyl (C=O) groups is 2. The Balaban J connectivity index is 2.09. The summed E-state index contributed by atoms with van der Waals surface area (Å²) in [6.07, 6.45) is 1.61. The van der Waals surface area contributed by atoms with Crippen LogP contribution in [-0.4, -0.2) is 50.0 Å². The van der Waals surface area contributed by atoms with Gasteiger partial charge in [-0.1, -0.05) is 30.0 Å². The first-order valence-corrected chi connectivity index (χ1v) is 10.7. The highest BCUT2D eigenvalue weighted by Crippen LogP contribution is 2.42. The highest BCUT2D eigenvalue weighted by molar-refractivity contribution is 8.18. The molecular formula is C24H23NO7S. The van der Waals surface area contributed by atoms with Gasteiger partial charge in [-0.3, -0.25) is 4.79 Å². The van der Waals surface area contributed by atoms with Crippen LogP contribution in [0.3, 0.4) is 0 Å². The van der Waals surface area contributed by atoms with E-state index in [2.05, 4.69) is 4.99 Å². The number of aliphatic hydroxyl groups is 1. The van der Waals surface area contributed by atoms with Crippen molar-refractivity contribution in [2.24, 2.45) is 4.99 Å². The molecule has 33 heavy (non-hydrogen) atoms. The van der Waals surface area contributed by atoms with E-state index < -0.39 is 11.9 Å². The predicted octanol–water partition coefficient (Wildman–Crippen LogP) is 4.41. The van der Waals surface area contributed by atoms with Gasteiger partial charge in [0.1, 0.15) is 22.1 Å². The molecule has 2 aromatic carbocycles. The summed E-state index contributed by atoms with van der Waals surface area (Å²) in [5.41, 5.74) is 0.743. The molecule has 1 amide bonds. The fourth-order valence-corrected chi connectivity index (χ4v) is 4.04. The molecule has 0 aromatic heterocycles. The van der Waals surface area contributed by atoms with E-state index in [0.29, 0.717) is 33.3 Å². The monoisotopic (exact) mass is 469 g/mol. The minimum atomic E-state index is -0.773. The Morgan fingerprint density at radius 2 is 1.64 bits per heavy atom. The number of hydrogen-bond donors (Lipinski definition) is 1. The summed E-state index contributed by atoms with van der Waals surface area (Å²) < 4.78 is 21.1. The van der Waals surface area contributed by atoms with Crippen LogP contribution in [0.4, 0.5) is 0 Å². The summed E-state index contributed by atoms with van der Waals surface area (Å²) in [7, 11) is 4.51. The molecule has 1 heterocycles. The SMILES string of the molecule is CCOC(=O)C1=C(O)/C(=C/c2cc(OC)c(OC)cc2OC)SC1=NC(=O)c1ccccc1. The third kappa shape index (κ3) is 5.20. The van der Waals surface area contributed by atoms with Crippen molar-refractivity contribution in [1.82, 2.24) is 0 Å².